The van der Waals surface area contributed by atoms with E-state index in [0.717, 1.165) is 0 Å². The molecule has 3 heteroatoms. The third-order valence-corrected chi connectivity index (χ3v) is 4.25. The maximum Gasteiger partial charge on any atom is 0.0526 e. The molecule has 0 bridgehead atoms. The first-order chi connectivity index (χ1) is 6.37. The lowest BCUT2D eigenvalue weighted by molar-refractivity contribution is 0.255. The first-order valence-corrected chi connectivity index (χ1v) is 5.98. The lowest BCUT2D eigenvalue weighted by Gasteiger charge is -2.36. The van der Waals surface area contributed by atoms with Crippen molar-refractivity contribution >= 4 is 23.7 Å². The van der Waals surface area contributed by atoms with E-state index in [1.165, 1.54) is 37.0 Å². The van der Waals surface area contributed by atoms with Crippen molar-refractivity contribution in [3.63, 3.8) is 0 Å². The van der Waals surface area contributed by atoms with Gasteiger partial charge in [0, 0.05) is 4.88 Å². The molecule has 0 unspecified atom stereocenters. The lowest BCUT2D eigenvalue weighted by Crippen LogP contribution is -2.40. The van der Waals surface area contributed by atoms with Crippen LogP contribution in [0.2, 0.25) is 0 Å². The van der Waals surface area contributed by atoms with Gasteiger partial charge in [-0.05, 0) is 31.3 Å². The van der Waals surface area contributed by atoms with Gasteiger partial charge in [0.25, 0.3) is 0 Å². The van der Waals surface area contributed by atoms with Gasteiger partial charge < -0.3 is 5.32 Å². The topological polar surface area (TPSA) is 12.0 Å². The minimum atomic E-state index is 0. The Morgan fingerprint density at radius 3 is 2.50 bits per heavy atom. The van der Waals surface area contributed by atoms with Gasteiger partial charge in [-0.2, -0.15) is 0 Å². The second kappa shape index (κ2) is 5.15. The van der Waals surface area contributed by atoms with Gasteiger partial charge in [0.2, 0.25) is 0 Å². The van der Waals surface area contributed by atoms with Crippen LogP contribution >= 0.6 is 23.7 Å². The van der Waals surface area contributed by atoms with Gasteiger partial charge in [-0.25, -0.2) is 0 Å². The van der Waals surface area contributed by atoms with E-state index in [4.69, 9.17) is 0 Å². The molecular formula is C11H18ClNS. The molecule has 0 atom stereocenters. The highest BCUT2D eigenvalue weighted by Crippen LogP contribution is 2.38. The molecule has 0 spiro atoms. The van der Waals surface area contributed by atoms with E-state index in [1.54, 1.807) is 0 Å². The highest BCUT2D eigenvalue weighted by molar-refractivity contribution is 7.10. The summed E-state index contributed by atoms with van der Waals surface area (Å²) in [7, 11) is 2.10. The van der Waals surface area contributed by atoms with Crippen LogP contribution in [0.4, 0.5) is 0 Å². The predicted octanol–water partition coefficient (Wildman–Crippen LogP) is 3.55. The van der Waals surface area contributed by atoms with Gasteiger partial charge in [-0.1, -0.05) is 25.3 Å². The third kappa shape index (κ3) is 2.13. The molecule has 1 nitrogen and oxygen atoms in total. The fourth-order valence-electron chi connectivity index (χ4n) is 2.33. The van der Waals surface area contributed by atoms with Gasteiger partial charge in [0.1, 0.15) is 0 Å². The molecule has 1 aliphatic carbocycles. The second-order valence-corrected chi connectivity index (χ2v) is 4.82. The van der Waals surface area contributed by atoms with E-state index >= 15 is 0 Å². The second-order valence-electron chi connectivity index (χ2n) is 3.87. The van der Waals surface area contributed by atoms with Crippen molar-refractivity contribution in [2.45, 2.75) is 37.6 Å². The molecular weight excluding hydrogens is 214 g/mol. The molecule has 1 aliphatic rings. The third-order valence-electron chi connectivity index (χ3n) is 3.18. The number of hydrogen-bond donors (Lipinski definition) is 1. The predicted molar refractivity (Wildman–Crippen MR) is 65.4 cm³/mol. The van der Waals surface area contributed by atoms with E-state index in [9.17, 15) is 0 Å². The van der Waals surface area contributed by atoms with E-state index in [1.807, 2.05) is 11.3 Å². The maximum absolute atomic E-state index is 3.53. The van der Waals surface area contributed by atoms with Crippen LogP contribution in [0.15, 0.2) is 17.5 Å². The van der Waals surface area contributed by atoms with E-state index in [2.05, 4.69) is 29.9 Å². The van der Waals surface area contributed by atoms with Crippen LogP contribution in [-0.4, -0.2) is 7.05 Å². The zero-order valence-electron chi connectivity index (χ0n) is 8.58. The Bertz CT molecular complexity index is 252. The summed E-state index contributed by atoms with van der Waals surface area (Å²) in [6.45, 7) is 0. The van der Waals surface area contributed by atoms with Crippen molar-refractivity contribution in [1.29, 1.82) is 0 Å². The molecule has 1 aromatic heterocycles. The van der Waals surface area contributed by atoms with Crippen LogP contribution in [-0.2, 0) is 5.54 Å². The van der Waals surface area contributed by atoms with E-state index in [-0.39, 0.29) is 12.4 Å². The van der Waals surface area contributed by atoms with Crippen molar-refractivity contribution in [3.8, 4) is 0 Å². The van der Waals surface area contributed by atoms with Crippen LogP contribution in [0.3, 0.4) is 0 Å². The summed E-state index contributed by atoms with van der Waals surface area (Å²) in [4.78, 5) is 1.52. The van der Waals surface area contributed by atoms with Crippen LogP contribution < -0.4 is 5.32 Å². The normalized spacial score (nSPS) is 20.1. The molecule has 1 heterocycles. The summed E-state index contributed by atoms with van der Waals surface area (Å²) in [5.74, 6) is 0. The van der Waals surface area contributed by atoms with Crippen LogP contribution in [0, 0.1) is 0 Å². The van der Waals surface area contributed by atoms with Gasteiger partial charge in [-0.3, -0.25) is 0 Å². The summed E-state index contributed by atoms with van der Waals surface area (Å²) in [6, 6.07) is 4.43. The quantitative estimate of drug-likeness (QED) is 0.821. The largest absolute Gasteiger partial charge is 0.310 e. The minimum absolute atomic E-state index is 0. The first-order valence-electron chi connectivity index (χ1n) is 5.10. The smallest absolute Gasteiger partial charge is 0.0526 e. The number of thiophene rings is 1. The standard InChI is InChI=1S/C11H17NS.ClH/c1-12-11(7-3-2-4-8-11)10-6-5-9-13-10;/h5-6,9,12H,2-4,7-8H2,1H3;1H. The van der Waals surface area contributed by atoms with Gasteiger partial charge in [-0.15, -0.1) is 23.7 Å². The van der Waals surface area contributed by atoms with Crippen LogP contribution in [0.25, 0.3) is 0 Å². The van der Waals surface area contributed by atoms with Gasteiger partial charge in [0.15, 0.2) is 0 Å². The van der Waals surface area contributed by atoms with Crippen LogP contribution in [0.1, 0.15) is 37.0 Å². The molecule has 0 aliphatic heterocycles. The zero-order valence-corrected chi connectivity index (χ0v) is 10.2. The fourth-order valence-corrected chi connectivity index (χ4v) is 3.32. The maximum atomic E-state index is 3.53. The van der Waals surface area contributed by atoms with Gasteiger partial charge >= 0.3 is 0 Å². The van der Waals surface area contributed by atoms with Crippen molar-refractivity contribution in [3.05, 3.63) is 22.4 Å². The van der Waals surface area contributed by atoms with E-state index in [0.29, 0.717) is 5.54 Å². The number of nitrogens with one attached hydrogen (secondary N) is 1. The molecule has 2 rings (SSSR count). The average Bonchev–Trinajstić information content (AvgIpc) is 2.72. The fraction of sp³-hybridized carbons (Fsp3) is 0.636. The summed E-state index contributed by atoms with van der Waals surface area (Å²) in [5.41, 5.74) is 0.312. The van der Waals surface area contributed by atoms with Crippen molar-refractivity contribution in [2.24, 2.45) is 0 Å². The summed E-state index contributed by atoms with van der Waals surface area (Å²) in [6.07, 6.45) is 6.78. The van der Waals surface area contributed by atoms with E-state index < -0.39 is 0 Å². The molecule has 0 amide bonds. The Morgan fingerprint density at radius 1 is 1.29 bits per heavy atom. The molecule has 1 aromatic rings. The number of rotatable bonds is 2. The van der Waals surface area contributed by atoms with Crippen molar-refractivity contribution in [2.75, 3.05) is 7.05 Å². The molecule has 0 saturated heterocycles. The summed E-state index contributed by atoms with van der Waals surface area (Å²) < 4.78 is 0. The first kappa shape index (κ1) is 12.0. The summed E-state index contributed by atoms with van der Waals surface area (Å²) >= 11 is 1.89. The highest BCUT2D eigenvalue weighted by atomic mass is 35.5. The molecule has 0 radical (unpaired) electrons. The number of halogens is 1. The van der Waals surface area contributed by atoms with Gasteiger partial charge in [0.05, 0.1) is 5.54 Å². The molecule has 1 fully saturated rings. The monoisotopic (exact) mass is 231 g/mol. The molecule has 14 heavy (non-hydrogen) atoms. The molecule has 1 N–H and O–H groups in total. The molecule has 1 saturated carbocycles. The average molecular weight is 232 g/mol. The lowest BCUT2D eigenvalue weighted by atomic mass is 9.81. The zero-order chi connectivity index (χ0) is 9.15. The number of hydrogen-bond acceptors (Lipinski definition) is 2. The highest BCUT2D eigenvalue weighted by Gasteiger charge is 2.32. The van der Waals surface area contributed by atoms with Crippen molar-refractivity contribution < 1.29 is 0 Å². The SMILES string of the molecule is CNC1(c2cccs2)CCCCC1.Cl. The Balaban J connectivity index is 0.000000980. The van der Waals surface area contributed by atoms with Crippen molar-refractivity contribution in [1.82, 2.24) is 5.32 Å². The molecule has 80 valence electrons. The molecule has 0 aromatic carbocycles. The van der Waals surface area contributed by atoms with Crippen LogP contribution in [0.5, 0.6) is 0 Å². The minimum Gasteiger partial charge on any atom is -0.310 e. The Hall–Kier alpha value is -0.0500. The Morgan fingerprint density at radius 2 is 2.00 bits per heavy atom. The Kier molecular flexibility index (Phi) is 4.42. The Labute approximate surface area is 96.3 Å². The summed E-state index contributed by atoms with van der Waals surface area (Å²) in [5, 5.41) is 5.71.